The van der Waals surface area contributed by atoms with Crippen LogP contribution < -0.4 is 10.6 Å². The minimum Gasteiger partial charge on any atom is -0.377 e. The summed E-state index contributed by atoms with van der Waals surface area (Å²) >= 11 is 18.4. The Morgan fingerprint density at radius 2 is 1.74 bits per heavy atom. The van der Waals surface area contributed by atoms with E-state index in [9.17, 15) is 9.59 Å². The van der Waals surface area contributed by atoms with Gasteiger partial charge in [-0.25, -0.2) is 4.98 Å². The Morgan fingerprint density at radius 1 is 1.03 bits per heavy atom. The number of hydrogen-bond acceptors (Lipinski definition) is 5. The lowest BCUT2D eigenvalue weighted by atomic mass is 10.1. The van der Waals surface area contributed by atoms with E-state index in [-0.39, 0.29) is 40.2 Å². The van der Waals surface area contributed by atoms with Crippen molar-refractivity contribution in [2.75, 3.05) is 17.7 Å². The van der Waals surface area contributed by atoms with Gasteiger partial charge in [-0.15, -0.1) is 12.4 Å². The number of amides is 2. The smallest absolute Gasteiger partial charge is 0.258 e. The first-order chi connectivity index (χ1) is 16.3. The first kappa shape index (κ1) is 26.7. The first-order valence-electron chi connectivity index (χ1n) is 9.97. The Morgan fingerprint density at radius 3 is 2.43 bits per heavy atom. The number of anilines is 2. The number of carbonyl (C=O) groups excluding carboxylic acids is 2. The van der Waals surface area contributed by atoms with E-state index in [1.807, 2.05) is 0 Å². The zero-order chi connectivity index (χ0) is 24.4. The van der Waals surface area contributed by atoms with Gasteiger partial charge in [0, 0.05) is 35.9 Å². The molecule has 2 amide bonds. The number of aromatic amines is 1. The van der Waals surface area contributed by atoms with E-state index in [2.05, 4.69) is 25.6 Å². The molecule has 0 saturated carbocycles. The zero-order valence-corrected chi connectivity index (χ0v) is 21.5. The average Bonchev–Trinajstić information content (AvgIpc) is 3.19. The van der Waals surface area contributed by atoms with E-state index < -0.39 is 11.8 Å². The summed E-state index contributed by atoms with van der Waals surface area (Å²) in [6, 6.07) is 8.40. The van der Waals surface area contributed by atoms with Gasteiger partial charge < -0.3 is 20.4 Å². The van der Waals surface area contributed by atoms with Gasteiger partial charge in [0.1, 0.15) is 17.9 Å². The van der Waals surface area contributed by atoms with Crippen LogP contribution >= 0.6 is 47.2 Å². The summed E-state index contributed by atoms with van der Waals surface area (Å²) in [6.45, 7) is 2.02. The summed E-state index contributed by atoms with van der Waals surface area (Å²) in [5.41, 5.74) is 2.88. The third-order valence-electron chi connectivity index (χ3n) is 5.02. The van der Waals surface area contributed by atoms with Crippen LogP contribution in [-0.2, 0) is 11.3 Å². The summed E-state index contributed by atoms with van der Waals surface area (Å²) in [6.07, 6.45) is 2.65. The normalized spacial score (nSPS) is 10.7. The molecular formula is C23H19Cl4N5O3. The molecule has 3 N–H and O–H groups in total. The number of hydrogen-bond donors (Lipinski definition) is 3. The van der Waals surface area contributed by atoms with Gasteiger partial charge in [0.2, 0.25) is 0 Å². The Hall–Kier alpha value is -2.88. The predicted octanol–water partition coefficient (Wildman–Crippen LogP) is 6.30. The topological polar surface area (TPSA) is 109 Å². The molecule has 0 fully saturated rings. The SMILES string of the molecule is COCc1nc2c(C(=O)Nc3cccc(Cl)c3C)cc(NC(=O)c3c(Cl)cncc3Cl)cc2[nH]1.Cl. The van der Waals surface area contributed by atoms with Crippen LogP contribution in [0, 0.1) is 6.92 Å². The standard InChI is InChI=1S/C23H18Cl3N5O3.ClH/c1-11-14(24)4-3-5-17(11)30-22(32)13-6-12(7-18-21(13)31-19(29-18)10-34-2)28-23(33)20-15(25)8-27-9-16(20)26;/h3-9H,10H2,1-2H3,(H,28,33)(H,29,31)(H,30,32);1H. The molecule has 35 heavy (non-hydrogen) atoms. The van der Waals surface area contributed by atoms with Gasteiger partial charge in [-0.2, -0.15) is 0 Å². The number of imidazole rings is 1. The Balaban J connectivity index is 0.00000342. The number of nitrogens with one attached hydrogen (secondary N) is 3. The summed E-state index contributed by atoms with van der Waals surface area (Å²) in [4.78, 5) is 37.6. The van der Waals surface area contributed by atoms with Gasteiger partial charge in [0.25, 0.3) is 11.8 Å². The van der Waals surface area contributed by atoms with Crippen molar-refractivity contribution in [2.24, 2.45) is 0 Å². The van der Waals surface area contributed by atoms with Gasteiger partial charge in [0.15, 0.2) is 0 Å². The maximum Gasteiger partial charge on any atom is 0.258 e. The van der Waals surface area contributed by atoms with E-state index in [0.29, 0.717) is 33.3 Å². The average molecular weight is 555 g/mol. The van der Waals surface area contributed by atoms with Crippen LogP contribution in [0.3, 0.4) is 0 Å². The Kier molecular flexibility index (Phi) is 8.58. The van der Waals surface area contributed by atoms with E-state index in [0.717, 1.165) is 5.56 Å². The fraction of sp³-hybridized carbons (Fsp3) is 0.130. The molecule has 2 heterocycles. The van der Waals surface area contributed by atoms with Crippen molar-refractivity contribution in [2.45, 2.75) is 13.5 Å². The van der Waals surface area contributed by atoms with E-state index in [1.54, 1.807) is 31.2 Å². The lowest BCUT2D eigenvalue weighted by Gasteiger charge is -2.12. The second-order valence-electron chi connectivity index (χ2n) is 7.34. The second-order valence-corrected chi connectivity index (χ2v) is 8.56. The molecule has 0 aliphatic carbocycles. The lowest BCUT2D eigenvalue weighted by molar-refractivity contribution is 0.101. The number of fused-ring (bicyclic) bond motifs is 1. The van der Waals surface area contributed by atoms with Gasteiger partial charge in [-0.3, -0.25) is 14.6 Å². The first-order valence-corrected chi connectivity index (χ1v) is 11.1. The number of carbonyl (C=O) groups is 2. The van der Waals surface area contributed by atoms with Crippen LogP contribution in [0.2, 0.25) is 15.1 Å². The van der Waals surface area contributed by atoms with Crippen molar-refractivity contribution in [1.82, 2.24) is 15.0 Å². The maximum absolute atomic E-state index is 13.3. The highest BCUT2D eigenvalue weighted by Crippen LogP contribution is 2.28. The number of ether oxygens (including phenoxy) is 1. The molecule has 0 atom stereocenters. The van der Waals surface area contributed by atoms with E-state index in [1.165, 1.54) is 25.6 Å². The minimum atomic E-state index is -0.551. The van der Waals surface area contributed by atoms with Gasteiger partial charge >= 0.3 is 0 Å². The highest BCUT2D eigenvalue weighted by molar-refractivity contribution is 6.40. The molecule has 182 valence electrons. The van der Waals surface area contributed by atoms with E-state index >= 15 is 0 Å². The summed E-state index contributed by atoms with van der Waals surface area (Å²) in [5, 5.41) is 6.32. The molecule has 2 aromatic heterocycles. The van der Waals surface area contributed by atoms with Crippen molar-refractivity contribution in [3.05, 3.63) is 80.3 Å². The van der Waals surface area contributed by atoms with Crippen molar-refractivity contribution in [1.29, 1.82) is 0 Å². The molecule has 0 spiro atoms. The molecule has 0 bridgehead atoms. The number of H-pyrrole nitrogens is 1. The fourth-order valence-corrected chi connectivity index (χ4v) is 4.08. The molecule has 8 nitrogen and oxygen atoms in total. The molecule has 0 saturated heterocycles. The number of benzene rings is 2. The fourth-order valence-electron chi connectivity index (χ4n) is 3.37. The van der Waals surface area contributed by atoms with Gasteiger partial charge in [0.05, 0.1) is 26.7 Å². The van der Waals surface area contributed by atoms with Gasteiger partial charge in [-0.05, 0) is 36.8 Å². The molecule has 0 unspecified atom stereocenters. The van der Waals surface area contributed by atoms with Gasteiger partial charge in [-0.1, -0.05) is 40.9 Å². The maximum atomic E-state index is 13.3. The Labute approximate surface area is 221 Å². The summed E-state index contributed by atoms with van der Waals surface area (Å²) in [5.74, 6) is -0.457. The third kappa shape index (κ3) is 5.69. The van der Waals surface area contributed by atoms with Crippen LogP contribution in [0.5, 0.6) is 0 Å². The monoisotopic (exact) mass is 553 g/mol. The molecular weight excluding hydrogens is 536 g/mol. The van der Waals surface area contributed by atoms with E-state index in [4.69, 9.17) is 39.5 Å². The Bertz CT molecular complexity index is 1400. The number of halogens is 4. The largest absolute Gasteiger partial charge is 0.377 e. The zero-order valence-electron chi connectivity index (χ0n) is 18.4. The van der Waals surface area contributed by atoms with Crippen molar-refractivity contribution in [3.63, 3.8) is 0 Å². The number of rotatable bonds is 6. The molecule has 4 aromatic rings. The summed E-state index contributed by atoms with van der Waals surface area (Å²) < 4.78 is 5.15. The van der Waals surface area contributed by atoms with Crippen molar-refractivity contribution < 1.29 is 14.3 Å². The summed E-state index contributed by atoms with van der Waals surface area (Å²) in [7, 11) is 1.54. The van der Waals surface area contributed by atoms with Crippen LogP contribution in [0.25, 0.3) is 11.0 Å². The minimum absolute atomic E-state index is 0. The number of methoxy groups -OCH3 is 1. The third-order valence-corrected chi connectivity index (χ3v) is 6.00. The van der Waals surface area contributed by atoms with Crippen molar-refractivity contribution in [3.8, 4) is 0 Å². The number of aromatic nitrogens is 3. The molecule has 0 radical (unpaired) electrons. The lowest BCUT2D eigenvalue weighted by Crippen LogP contribution is -2.16. The van der Waals surface area contributed by atoms with Crippen LogP contribution in [0.1, 0.15) is 32.1 Å². The second kappa shape index (κ2) is 11.2. The number of pyridine rings is 1. The van der Waals surface area contributed by atoms with Crippen molar-refractivity contribution >= 4 is 81.4 Å². The highest BCUT2D eigenvalue weighted by Gasteiger charge is 2.20. The predicted molar refractivity (Wildman–Crippen MR) is 140 cm³/mol. The highest BCUT2D eigenvalue weighted by atomic mass is 35.5. The number of nitrogens with zero attached hydrogens (tertiary/aromatic N) is 2. The molecule has 0 aliphatic rings. The molecule has 12 heteroatoms. The van der Waals surface area contributed by atoms with Crippen LogP contribution in [-0.4, -0.2) is 33.9 Å². The quantitative estimate of drug-likeness (QED) is 0.259. The molecule has 4 rings (SSSR count). The molecule has 2 aromatic carbocycles. The molecule has 0 aliphatic heterocycles. The van der Waals surface area contributed by atoms with Crippen LogP contribution in [0.4, 0.5) is 11.4 Å². The van der Waals surface area contributed by atoms with Crippen LogP contribution in [0.15, 0.2) is 42.7 Å².